The molecule has 2 heterocycles. The van der Waals surface area contributed by atoms with Crippen LogP contribution in [0, 0.1) is 0 Å². The van der Waals surface area contributed by atoms with Crippen molar-refractivity contribution in [3.63, 3.8) is 0 Å². The monoisotopic (exact) mass is 315 g/mol. The Morgan fingerprint density at radius 2 is 2.00 bits per heavy atom. The third-order valence-electron chi connectivity index (χ3n) is 4.28. The summed E-state index contributed by atoms with van der Waals surface area (Å²) in [5, 5.41) is 5.65. The molecule has 6 nitrogen and oxygen atoms in total. The Morgan fingerprint density at radius 3 is 2.74 bits per heavy atom. The lowest BCUT2D eigenvalue weighted by Gasteiger charge is -2.36. The topological polar surface area (TPSA) is 64.4 Å². The zero-order valence-corrected chi connectivity index (χ0v) is 13.7. The van der Waals surface area contributed by atoms with E-state index in [0.717, 1.165) is 5.39 Å². The van der Waals surface area contributed by atoms with Crippen molar-refractivity contribution in [1.29, 1.82) is 0 Å². The molecule has 2 aromatic rings. The first-order valence-corrected chi connectivity index (χ1v) is 7.83. The largest absolute Gasteiger partial charge is 0.375 e. The van der Waals surface area contributed by atoms with E-state index in [1.54, 1.807) is 13.1 Å². The molecule has 0 unspecified atom stereocenters. The Balaban J connectivity index is 1.94. The number of carbonyl (C=O) groups excluding carboxylic acids is 1. The van der Waals surface area contributed by atoms with Gasteiger partial charge in [-0.25, -0.2) is 4.68 Å². The van der Waals surface area contributed by atoms with Gasteiger partial charge in [0.2, 0.25) is 5.91 Å². The second-order valence-corrected chi connectivity index (χ2v) is 6.14. The number of nitrogens with zero attached hydrogens (tertiary/aromatic N) is 3. The first kappa shape index (κ1) is 15.7. The molecule has 0 saturated carbocycles. The third-order valence-corrected chi connectivity index (χ3v) is 4.28. The van der Waals surface area contributed by atoms with Gasteiger partial charge in [0.1, 0.15) is 0 Å². The molecule has 1 saturated heterocycles. The molecule has 1 aromatic carbocycles. The number of fused-ring (bicyclic) bond motifs is 1. The number of aryl methyl sites for hydroxylation is 1. The zero-order valence-electron chi connectivity index (χ0n) is 13.7. The summed E-state index contributed by atoms with van der Waals surface area (Å²) in [6.07, 6.45) is 0.228. The van der Waals surface area contributed by atoms with E-state index in [4.69, 9.17) is 4.74 Å². The van der Waals surface area contributed by atoms with Crippen LogP contribution in [0.1, 0.15) is 19.5 Å². The molecule has 1 aliphatic rings. The molecule has 0 spiro atoms. The quantitative estimate of drug-likeness (QED) is 0.833. The van der Waals surface area contributed by atoms with E-state index in [-0.39, 0.29) is 30.0 Å². The summed E-state index contributed by atoms with van der Waals surface area (Å²) in [7, 11) is 1.61. The minimum atomic E-state index is -0.148. The Bertz CT molecular complexity index is 799. The van der Waals surface area contributed by atoms with E-state index in [9.17, 15) is 9.59 Å². The van der Waals surface area contributed by atoms with E-state index >= 15 is 0 Å². The Hall–Kier alpha value is -2.21. The van der Waals surface area contributed by atoms with Crippen LogP contribution >= 0.6 is 0 Å². The normalized spacial score (nSPS) is 21.6. The van der Waals surface area contributed by atoms with Crippen LogP contribution in [0.3, 0.4) is 0 Å². The minimum absolute atomic E-state index is 0.0175. The third kappa shape index (κ3) is 2.99. The molecule has 1 aliphatic heterocycles. The van der Waals surface area contributed by atoms with Gasteiger partial charge in [0.05, 0.1) is 36.3 Å². The average molecular weight is 315 g/mol. The standard InChI is InChI=1S/C17H21N3O3/c1-11-10-23-12(2)9-20(11)16(21)8-15-13-6-4-5-7-14(13)17(22)19(3)18-15/h4-7,11-12H,8-10H2,1-3H3/t11-,12-/m1/s1. The molecule has 0 bridgehead atoms. The summed E-state index contributed by atoms with van der Waals surface area (Å²) >= 11 is 0. The Morgan fingerprint density at radius 1 is 1.30 bits per heavy atom. The lowest BCUT2D eigenvalue weighted by Crippen LogP contribution is -2.50. The molecular weight excluding hydrogens is 294 g/mol. The highest BCUT2D eigenvalue weighted by atomic mass is 16.5. The van der Waals surface area contributed by atoms with Crippen LogP contribution < -0.4 is 5.56 Å². The Labute approximate surface area is 134 Å². The molecule has 0 N–H and O–H groups in total. The van der Waals surface area contributed by atoms with Crippen LogP contribution in [0.4, 0.5) is 0 Å². The molecule has 23 heavy (non-hydrogen) atoms. The van der Waals surface area contributed by atoms with Gasteiger partial charge in [0, 0.05) is 19.0 Å². The van der Waals surface area contributed by atoms with Crippen molar-refractivity contribution in [1.82, 2.24) is 14.7 Å². The van der Waals surface area contributed by atoms with E-state index in [2.05, 4.69) is 5.10 Å². The van der Waals surface area contributed by atoms with Crippen molar-refractivity contribution < 1.29 is 9.53 Å². The molecule has 6 heteroatoms. The highest BCUT2D eigenvalue weighted by molar-refractivity contribution is 5.88. The van der Waals surface area contributed by atoms with Gasteiger partial charge < -0.3 is 9.64 Å². The zero-order chi connectivity index (χ0) is 16.6. The van der Waals surface area contributed by atoms with Crippen LogP contribution in [0.15, 0.2) is 29.1 Å². The van der Waals surface area contributed by atoms with Crippen molar-refractivity contribution in [2.45, 2.75) is 32.4 Å². The number of rotatable bonds is 2. The van der Waals surface area contributed by atoms with Gasteiger partial charge in [-0.15, -0.1) is 0 Å². The summed E-state index contributed by atoms with van der Waals surface area (Å²) in [6, 6.07) is 7.35. The molecule has 1 amide bonds. The molecular formula is C17H21N3O3. The second kappa shape index (κ2) is 6.12. The van der Waals surface area contributed by atoms with Crippen molar-refractivity contribution >= 4 is 16.7 Å². The van der Waals surface area contributed by atoms with E-state index < -0.39 is 0 Å². The SMILES string of the molecule is C[C@@H]1CN(C(=O)Cc2nn(C)c(=O)c3ccccc23)[C@H](C)CO1. The molecule has 2 atom stereocenters. The lowest BCUT2D eigenvalue weighted by atomic mass is 10.1. The van der Waals surface area contributed by atoms with Crippen molar-refractivity contribution in [3.8, 4) is 0 Å². The first-order chi connectivity index (χ1) is 11.0. The highest BCUT2D eigenvalue weighted by Crippen LogP contribution is 2.17. The summed E-state index contributed by atoms with van der Waals surface area (Å²) in [4.78, 5) is 26.7. The van der Waals surface area contributed by atoms with Gasteiger partial charge in [-0.05, 0) is 19.9 Å². The van der Waals surface area contributed by atoms with Gasteiger partial charge in [0.25, 0.3) is 5.56 Å². The average Bonchev–Trinajstić information content (AvgIpc) is 2.54. The number of aromatic nitrogens is 2. The van der Waals surface area contributed by atoms with Crippen LogP contribution in [-0.4, -0.2) is 45.9 Å². The highest BCUT2D eigenvalue weighted by Gasteiger charge is 2.28. The Kier molecular flexibility index (Phi) is 4.17. The van der Waals surface area contributed by atoms with Crippen molar-refractivity contribution in [2.24, 2.45) is 7.05 Å². The summed E-state index contributed by atoms with van der Waals surface area (Å²) in [5.74, 6) is 0.0175. The summed E-state index contributed by atoms with van der Waals surface area (Å²) in [6.45, 7) is 5.08. The number of benzene rings is 1. The number of carbonyl (C=O) groups is 1. The molecule has 0 radical (unpaired) electrons. The van der Waals surface area contributed by atoms with Crippen LogP contribution in [0.2, 0.25) is 0 Å². The maximum absolute atomic E-state index is 12.7. The molecule has 3 rings (SSSR count). The fraction of sp³-hybridized carbons (Fsp3) is 0.471. The van der Waals surface area contributed by atoms with Crippen molar-refractivity contribution in [3.05, 3.63) is 40.3 Å². The molecule has 1 aromatic heterocycles. The number of hydrogen-bond donors (Lipinski definition) is 0. The maximum atomic E-state index is 12.7. The predicted octanol–water partition coefficient (Wildman–Crippen LogP) is 1.11. The minimum Gasteiger partial charge on any atom is -0.375 e. The van der Waals surface area contributed by atoms with Gasteiger partial charge in [0.15, 0.2) is 0 Å². The van der Waals surface area contributed by atoms with Gasteiger partial charge in [-0.1, -0.05) is 18.2 Å². The van der Waals surface area contributed by atoms with Crippen LogP contribution in [0.25, 0.3) is 10.8 Å². The molecule has 1 fully saturated rings. The lowest BCUT2D eigenvalue weighted by molar-refractivity contribution is -0.142. The summed E-state index contributed by atoms with van der Waals surface area (Å²) in [5.41, 5.74) is 0.490. The maximum Gasteiger partial charge on any atom is 0.274 e. The van der Waals surface area contributed by atoms with E-state index in [1.165, 1.54) is 4.68 Å². The predicted molar refractivity (Wildman–Crippen MR) is 87.3 cm³/mol. The number of hydrogen-bond acceptors (Lipinski definition) is 4. The van der Waals surface area contributed by atoms with Crippen LogP contribution in [0.5, 0.6) is 0 Å². The molecule has 0 aliphatic carbocycles. The first-order valence-electron chi connectivity index (χ1n) is 7.83. The molecule has 122 valence electrons. The van der Waals surface area contributed by atoms with Crippen molar-refractivity contribution in [2.75, 3.05) is 13.2 Å². The summed E-state index contributed by atoms with van der Waals surface area (Å²) < 4.78 is 6.87. The van der Waals surface area contributed by atoms with E-state index in [0.29, 0.717) is 24.2 Å². The smallest absolute Gasteiger partial charge is 0.274 e. The number of morpholine rings is 1. The fourth-order valence-corrected chi connectivity index (χ4v) is 3.00. The number of amides is 1. The van der Waals surface area contributed by atoms with E-state index in [1.807, 2.05) is 36.9 Å². The second-order valence-electron chi connectivity index (χ2n) is 6.14. The van der Waals surface area contributed by atoms with Gasteiger partial charge in [-0.2, -0.15) is 5.10 Å². The number of ether oxygens (including phenoxy) is 1. The van der Waals surface area contributed by atoms with Gasteiger partial charge in [-0.3, -0.25) is 9.59 Å². The fourth-order valence-electron chi connectivity index (χ4n) is 3.00. The van der Waals surface area contributed by atoms with Crippen LogP contribution in [-0.2, 0) is 23.0 Å². The van der Waals surface area contributed by atoms with Gasteiger partial charge >= 0.3 is 0 Å².